The van der Waals surface area contributed by atoms with Crippen LogP contribution in [0.1, 0.15) is 61.9 Å². The number of amides is 1. The summed E-state index contributed by atoms with van der Waals surface area (Å²) in [5.41, 5.74) is 0.829. The number of nitrogens with zero attached hydrogens (tertiary/aromatic N) is 1. The molecule has 4 atom stereocenters. The maximum atomic E-state index is 13.8. The molecule has 2 aliphatic heterocycles. The Morgan fingerprint density at radius 2 is 1.75 bits per heavy atom. The molecule has 3 heterocycles. The van der Waals surface area contributed by atoms with Gasteiger partial charge in [0.25, 0.3) is 5.91 Å². The molecule has 10 nitrogen and oxygen atoms in total. The van der Waals surface area contributed by atoms with Gasteiger partial charge in [0.05, 0.1) is 6.04 Å². The number of hydrogen-bond acceptors (Lipinski definition) is 9. The molecular formula is C30H40F3N5O5S. The molecule has 242 valence electrons. The van der Waals surface area contributed by atoms with Gasteiger partial charge >= 0.3 is 12.1 Å². The summed E-state index contributed by atoms with van der Waals surface area (Å²) >= 11 is 0. The predicted molar refractivity (Wildman–Crippen MR) is 161 cm³/mol. The molecule has 0 spiro atoms. The Morgan fingerprint density at radius 1 is 1.09 bits per heavy atom. The molecule has 0 radical (unpaired) electrons. The Hall–Kier alpha value is -3.39. The largest absolute Gasteiger partial charge is 0.490 e. The number of anilines is 2. The lowest BCUT2D eigenvalue weighted by Gasteiger charge is -2.48. The first-order chi connectivity index (χ1) is 20.7. The number of hydrogen-bond donors (Lipinski definition) is 4. The van der Waals surface area contributed by atoms with E-state index in [1.807, 2.05) is 13.8 Å². The van der Waals surface area contributed by atoms with Crippen molar-refractivity contribution in [2.75, 3.05) is 22.8 Å². The Labute approximate surface area is 255 Å². The summed E-state index contributed by atoms with van der Waals surface area (Å²) in [4.78, 5) is 30.5. The number of halogens is 3. The number of carbonyl (C=O) groups is 2. The minimum absolute atomic E-state index is 0.0200. The van der Waals surface area contributed by atoms with Gasteiger partial charge in [-0.3, -0.25) is 4.79 Å². The number of ether oxygens (including phenoxy) is 1. The first-order valence-corrected chi connectivity index (χ1v) is 16.9. The molecule has 1 aliphatic carbocycles. The van der Waals surface area contributed by atoms with Crippen molar-refractivity contribution in [1.29, 1.82) is 0 Å². The van der Waals surface area contributed by atoms with Crippen molar-refractivity contribution >= 4 is 33.3 Å². The minimum Gasteiger partial charge on any atom is -0.452 e. The smallest absolute Gasteiger partial charge is 0.452 e. The number of aromatic nitrogens is 1. The summed E-state index contributed by atoms with van der Waals surface area (Å²) in [6, 6.07) is 10.2. The van der Waals surface area contributed by atoms with E-state index in [1.165, 1.54) is 12.1 Å². The molecule has 5 rings (SSSR count). The standard InChI is InChI=1S/C30H40F3N5O5S/c1-4-18(2)35-25-16-21(15-24(38-25)34-17-44(3,41)42)28(39)37-23(14-19-8-6-5-7-9-19)27(43-29(40)30(31,32)33)26-20-10-12-22(36-26)13-11-20/h5-9,15-16,18,20,22-23,26-27,36H,4,10-14,17H2,1-3H3,(H,37,39)(H2,34,35,38)/t18?,20-,22-,23-,26+,27-/m0/s1. The third kappa shape index (κ3) is 9.31. The number of sulfone groups is 1. The zero-order chi connectivity index (χ0) is 32.1. The number of rotatable bonds is 13. The zero-order valence-electron chi connectivity index (χ0n) is 25.0. The van der Waals surface area contributed by atoms with Gasteiger partial charge in [-0.2, -0.15) is 13.2 Å². The van der Waals surface area contributed by atoms with Crippen molar-refractivity contribution < 1.29 is 35.9 Å². The number of nitrogens with one attached hydrogen (secondary N) is 4. The summed E-state index contributed by atoms with van der Waals surface area (Å²) in [6.45, 7) is 3.87. The average Bonchev–Trinajstić information content (AvgIpc) is 2.98. The monoisotopic (exact) mass is 639 g/mol. The molecule has 3 aliphatic rings. The van der Waals surface area contributed by atoms with Crippen LogP contribution in [-0.4, -0.2) is 73.9 Å². The van der Waals surface area contributed by atoms with E-state index in [2.05, 4.69) is 26.3 Å². The first kappa shape index (κ1) is 33.5. The first-order valence-electron chi connectivity index (χ1n) is 14.8. The lowest BCUT2D eigenvalue weighted by molar-refractivity contribution is -0.209. The van der Waals surface area contributed by atoms with Crippen LogP contribution >= 0.6 is 0 Å². The van der Waals surface area contributed by atoms with Crippen LogP contribution in [0.4, 0.5) is 24.8 Å². The highest BCUT2D eigenvalue weighted by Gasteiger charge is 2.49. The third-order valence-corrected chi connectivity index (χ3v) is 8.83. The third-order valence-electron chi connectivity index (χ3n) is 8.16. The van der Waals surface area contributed by atoms with Crippen LogP contribution in [0.2, 0.25) is 0 Å². The zero-order valence-corrected chi connectivity index (χ0v) is 25.8. The van der Waals surface area contributed by atoms with Gasteiger partial charge in [0.15, 0.2) is 9.84 Å². The molecule has 2 saturated heterocycles. The van der Waals surface area contributed by atoms with Crippen molar-refractivity contribution in [3.05, 3.63) is 53.6 Å². The fourth-order valence-electron chi connectivity index (χ4n) is 5.77. The van der Waals surface area contributed by atoms with Crippen LogP contribution in [0.5, 0.6) is 0 Å². The summed E-state index contributed by atoms with van der Waals surface area (Å²) in [5, 5.41) is 12.1. The van der Waals surface area contributed by atoms with Crippen molar-refractivity contribution in [3.63, 3.8) is 0 Å². The van der Waals surface area contributed by atoms with Crippen LogP contribution < -0.4 is 21.3 Å². The van der Waals surface area contributed by atoms with E-state index in [-0.39, 0.29) is 35.8 Å². The van der Waals surface area contributed by atoms with Gasteiger partial charge in [-0.15, -0.1) is 0 Å². The Morgan fingerprint density at radius 3 is 2.32 bits per heavy atom. The van der Waals surface area contributed by atoms with Gasteiger partial charge in [0.1, 0.15) is 23.6 Å². The van der Waals surface area contributed by atoms with E-state index in [4.69, 9.17) is 4.74 Å². The normalized spacial score (nSPS) is 22.0. The summed E-state index contributed by atoms with van der Waals surface area (Å²) in [7, 11) is -3.42. The van der Waals surface area contributed by atoms with Gasteiger partial charge in [-0.1, -0.05) is 37.3 Å². The molecule has 2 bridgehead atoms. The number of piperidine rings is 2. The number of fused-ring (bicyclic) bond motifs is 3. The lowest BCUT2D eigenvalue weighted by Crippen LogP contribution is -2.64. The van der Waals surface area contributed by atoms with Crippen LogP contribution in [0.3, 0.4) is 0 Å². The highest BCUT2D eigenvalue weighted by Crippen LogP contribution is 2.37. The van der Waals surface area contributed by atoms with Gasteiger partial charge < -0.3 is 26.0 Å². The number of carbonyl (C=O) groups excluding carboxylic acids is 2. The number of pyridine rings is 1. The number of alkyl halides is 3. The maximum Gasteiger partial charge on any atom is 0.490 e. The Kier molecular flexibility index (Phi) is 10.8. The van der Waals surface area contributed by atoms with Crippen molar-refractivity contribution in [3.8, 4) is 0 Å². The van der Waals surface area contributed by atoms with E-state index < -0.39 is 52.0 Å². The van der Waals surface area contributed by atoms with E-state index in [9.17, 15) is 31.2 Å². The highest BCUT2D eigenvalue weighted by atomic mass is 32.2. The molecule has 1 amide bonds. The molecule has 1 unspecified atom stereocenters. The molecule has 4 N–H and O–H groups in total. The van der Waals surface area contributed by atoms with E-state index in [0.29, 0.717) is 5.82 Å². The van der Waals surface area contributed by atoms with Crippen molar-refractivity contribution in [2.45, 2.75) is 88.8 Å². The molecule has 1 aromatic heterocycles. The summed E-state index contributed by atoms with van der Waals surface area (Å²) in [6.07, 6.45) is -1.33. The maximum absolute atomic E-state index is 13.8. The van der Waals surface area contributed by atoms with E-state index >= 15 is 0 Å². The fourth-order valence-corrected chi connectivity index (χ4v) is 6.18. The fraction of sp³-hybridized carbons (Fsp3) is 0.567. The number of esters is 1. The predicted octanol–water partition coefficient (Wildman–Crippen LogP) is 4.05. The second-order valence-electron chi connectivity index (χ2n) is 11.8. The quantitative estimate of drug-likeness (QED) is 0.239. The molecule has 1 aromatic carbocycles. The van der Waals surface area contributed by atoms with Crippen LogP contribution in [0.15, 0.2) is 42.5 Å². The summed E-state index contributed by atoms with van der Waals surface area (Å²) in [5.74, 6) is -2.96. The van der Waals surface area contributed by atoms with E-state index in [1.54, 1.807) is 30.3 Å². The molecule has 2 aromatic rings. The lowest BCUT2D eigenvalue weighted by atomic mass is 9.73. The van der Waals surface area contributed by atoms with Gasteiger partial charge in [0.2, 0.25) is 0 Å². The molecule has 1 saturated carbocycles. The molecule has 14 heteroatoms. The topological polar surface area (TPSA) is 139 Å². The van der Waals surface area contributed by atoms with Crippen LogP contribution in [0, 0.1) is 5.92 Å². The number of benzene rings is 1. The Bertz CT molecular complexity index is 1400. The van der Waals surface area contributed by atoms with Gasteiger partial charge in [-0.05, 0) is 69.1 Å². The second-order valence-corrected chi connectivity index (χ2v) is 13.9. The van der Waals surface area contributed by atoms with Crippen LogP contribution in [0.25, 0.3) is 0 Å². The van der Waals surface area contributed by atoms with Gasteiger partial charge in [-0.25, -0.2) is 18.2 Å². The molecule has 3 fully saturated rings. The minimum atomic E-state index is -5.21. The SMILES string of the molecule is CCC(C)Nc1cc(C(=O)N[C@@H](Cc2ccccc2)[C@H](OC(=O)C(F)(F)F)[C@@H]2N[C@H]3CC[C@H]2CC3)cc(NCS(C)(=O)=O)n1. The van der Waals surface area contributed by atoms with Crippen molar-refractivity contribution in [2.24, 2.45) is 5.92 Å². The average molecular weight is 640 g/mol. The van der Waals surface area contributed by atoms with Crippen LogP contribution in [-0.2, 0) is 25.8 Å². The highest BCUT2D eigenvalue weighted by molar-refractivity contribution is 7.90. The van der Waals surface area contributed by atoms with Gasteiger partial charge in [0, 0.05) is 29.9 Å². The summed E-state index contributed by atoms with van der Waals surface area (Å²) < 4.78 is 69.3. The second kappa shape index (κ2) is 14.1. The van der Waals surface area contributed by atoms with Crippen molar-refractivity contribution in [1.82, 2.24) is 15.6 Å². The molecular weight excluding hydrogens is 599 g/mol. The van der Waals surface area contributed by atoms with E-state index in [0.717, 1.165) is 43.9 Å². The molecule has 44 heavy (non-hydrogen) atoms. The Balaban J connectivity index is 1.70.